The predicted molar refractivity (Wildman–Crippen MR) is 80.4 cm³/mol. The Bertz CT molecular complexity index is 415. The van der Waals surface area contributed by atoms with Gasteiger partial charge < -0.3 is 10.6 Å². The molecule has 2 aliphatic rings. The molecule has 2 fully saturated rings. The van der Waals surface area contributed by atoms with E-state index in [-0.39, 0.29) is 0 Å². The van der Waals surface area contributed by atoms with E-state index in [9.17, 15) is 0 Å². The fourth-order valence-corrected chi connectivity index (χ4v) is 3.89. The van der Waals surface area contributed by atoms with Crippen LogP contribution in [0.1, 0.15) is 37.7 Å². The van der Waals surface area contributed by atoms with Crippen LogP contribution in [0.4, 0.5) is 0 Å². The summed E-state index contributed by atoms with van der Waals surface area (Å²) in [6.45, 7) is 2.10. The van der Waals surface area contributed by atoms with Crippen LogP contribution in [0, 0.1) is 5.92 Å². The van der Waals surface area contributed by atoms with Crippen LogP contribution in [0.15, 0.2) is 24.3 Å². The Labute approximate surface area is 120 Å². The van der Waals surface area contributed by atoms with Gasteiger partial charge in [-0.2, -0.15) is 0 Å². The van der Waals surface area contributed by atoms with Gasteiger partial charge in [-0.25, -0.2) is 0 Å². The van der Waals surface area contributed by atoms with Crippen molar-refractivity contribution in [1.82, 2.24) is 10.6 Å². The molecule has 0 aromatic heterocycles. The third-order valence-corrected chi connectivity index (χ3v) is 5.07. The molecule has 0 bridgehead atoms. The molecule has 19 heavy (non-hydrogen) atoms. The van der Waals surface area contributed by atoms with Crippen molar-refractivity contribution >= 4 is 11.6 Å². The average molecular weight is 279 g/mol. The summed E-state index contributed by atoms with van der Waals surface area (Å²) in [5, 5.41) is 8.29. The molecule has 1 aliphatic carbocycles. The maximum atomic E-state index is 6.22. The molecule has 1 saturated carbocycles. The highest BCUT2D eigenvalue weighted by atomic mass is 35.5. The van der Waals surface area contributed by atoms with Gasteiger partial charge in [0.05, 0.1) is 0 Å². The molecule has 3 unspecified atom stereocenters. The molecule has 0 radical (unpaired) electrons. The zero-order valence-corrected chi connectivity index (χ0v) is 12.1. The zero-order chi connectivity index (χ0) is 13.1. The van der Waals surface area contributed by atoms with Gasteiger partial charge in [-0.1, -0.05) is 36.2 Å². The first-order valence-electron chi connectivity index (χ1n) is 7.55. The predicted octanol–water partition coefficient (Wildman–Crippen LogP) is 3.35. The van der Waals surface area contributed by atoms with Gasteiger partial charge in [0.2, 0.25) is 0 Å². The van der Waals surface area contributed by atoms with E-state index >= 15 is 0 Å². The van der Waals surface area contributed by atoms with Crippen LogP contribution in [-0.4, -0.2) is 18.6 Å². The molecule has 104 valence electrons. The van der Waals surface area contributed by atoms with Gasteiger partial charge in [-0.15, -0.1) is 0 Å². The Morgan fingerprint density at radius 2 is 2.05 bits per heavy atom. The Hall–Kier alpha value is -0.570. The molecule has 3 rings (SSSR count). The summed E-state index contributed by atoms with van der Waals surface area (Å²) in [4.78, 5) is 0. The van der Waals surface area contributed by atoms with Crippen LogP contribution in [0.25, 0.3) is 0 Å². The van der Waals surface area contributed by atoms with Crippen molar-refractivity contribution in [2.24, 2.45) is 5.92 Å². The van der Waals surface area contributed by atoms with E-state index in [1.807, 2.05) is 12.1 Å². The SMILES string of the molecule is Clc1ccccc1CNC1CCCC1C1CCCN1. The van der Waals surface area contributed by atoms with E-state index in [1.165, 1.54) is 44.2 Å². The zero-order valence-electron chi connectivity index (χ0n) is 11.4. The number of hydrogen-bond donors (Lipinski definition) is 2. The summed E-state index contributed by atoms with van der Waals surface area (Å²) in [5.74, 6) is 0.810. The van der Waals surface area contributed by atoms with Crippen LogP contribution < -0.4 is 10.6 Å². The first-order valence-corrected chi connectivity index (χ1v) is 7.92. The van der Waals surface area contributed by atoms with Crippen LogP contribution in [-0.2, 0) is 6.54 Å². The molecule has 2 N–H and O–H groups in total. The van der Waals surface area contributed by atoms with Crippen LogP contribution in [0.3, 0.4) is 0 Å². The molecular weight excluding hydrogens is 256 g/mol. The van der Waals surface area contributed by atoms with Crippen molar-refractivity contribution in [1.29, 1.82) is 0 Å². The van der Waals surface area contributed by atoms with Gasteiger partial charge in [0.1, 0.15) is 0 Å². The third-order valence-electron chi connectivity index (χ3n) is 4.70. The number of benzene rings is 1. The molecule has 0 amide bonds. The second-order valence-corrected chi connectivity index (χ2v) is 6.28. The Balaban J connectivity index is 1.58. The minimum absolute atomic E-state index is 0.659. The highest BCUT2D eigenvalue weighted by Gasteiger charge is 2.34. The summed E-state index contributed by atoms with van der Waals surface area (Å²) in [6, 6.07) is 9.55. The fourth-order valence-electron chi connectivity index (χ4n) is 3.68. The van der Waals surface area contributed by atoms with E-state index in [0.717, 1.165) is 23.5 Å². The average Bonchev–Trinajstić information content (AvgIpc) is 3.08. The van der Waals surface area contributed by atoms with Crippen LogP contribution in [0.2, 0.25) is 5.02 Å². The molecule has 2 nitrogen and oxygen atoms in total. The summed E-state index contributed by atoms with van der Waals surface area (Å²) < 4.78 is 0. The molecule has 1 aliphatic heterocycles. The van der Waals surface area contributed by atoms with Crippen LogP contribution in [0.5, 0.6) is 0 Å². The van der Waals surface area contributed by atoms with Crippen molar-refractivity contribution in [3.63, 3.8) is 0 Å². The molecule has 3 heteroatoms. The largest absolute Gasteiger partial charge is 0.314 e. The number of rotatable bonds is 4. The fraction of sp³-hybridized carbons (Fsp3) is 0.625. The molecule has 3 atom stereocenters. The van der Waals surface area contributed by atoms with Crippen molar-refractivity contribution in [2.75, 3.05) is 6.54 Å². The van der Waals surface area contributed by atoms with Gasteiger partial charge in [0, 0.05) is 23.7 Å². The van der Waals surface area contributed by atoms with Crippen molar-refractivity contribution in [2.45, 2.75) is 50.7 Å². The molecule has 1 heterocycles. The highest BCUT2D eigenvalue weighted by Crippen LogP contribution is 2.32. The minimum atomic E-state index is 0.659. The minimum Gasteiger partial charge on any atom is -0.314 e. The van der Waals surface area contributed by atoms with Gasteiger partial charge in [-0.05, 0) is 49.8 Å². The van der Waals surface area contributed by atoms with Crippen molar-refractivity contribution in [3.05, 3.63) is 34.9 Å². The molecular formula is C16H23ClN2. The first-order chi connectivity index (χ1) is 9.34. The van der Waals surface area contributed by atoms with E-state index in [4.69, 9.17) is 11.6 Å². The molecule has 0 spiro atoms. The second-order valence-electron chi connectivity index (χ2n) is 5.88. The van der Waals surface area contributed by atoms with Crippen molar-refractivity contribution < 1.29 is 0 Å². The lowest BCUT2D eigenvalue weighted by atomic mass is 9.93. The number of nitrogens with one attached hydrogen (secondary N) is 2. The maximum Gasteiger partial charge on any atom is 0.0450 e. The van der Waals surface area contributed by atoms with E-state index in [1.54, 1.807) is 0 Å². The topological polar surface area (TPSA) is 24.1 Å². The highest BCUT2D eigenvalue weighted by molar-refractivity contribution is 6.31. The molecule has 1 saturated heterocycles. The summed E-state index contributed by atoms with van der Waals surface area (Å²) >= 11 is 6.22. The molecule has 1 aromatic rings. The lowest BCUT2D eigenvalue weighted by Crippen LogP contribution is -2.41. The van der Waals surface area contributed by atoms with Gasteiger partial charge in [0.15, 0.2) is 0 Å². The summed E-state index contributed by atoms with van der Waals surface area (Å²) in [7, 11) is 0. The smallest absolute Gasteiger partial charge is 0.0450 e. The summed E-state index contributed by atoms with van der Waals surface area (Å²) in [5.41, 5.74) is 1.22. The van der Waals surface area contributed by atoms with Gasteiger partial charge in [0.25, 0.3) is 0 Å². The lowest BCUT2D eigenvalue weighted by molar-refractivity contribution is 0.320. The Morgan fingerprint density at radius 3 is 2.84 bits per heavy atom. The van der Waals surface area contributed by atoms with Gasteiger partial charge >= 0.3 is 0 Å². The standard InChI is InChI=1S/C16H23ClN2/c17-14-7-2-1-5-12(14)11-19-16-8-3-6-13(16)15-9-4-10-18-15/h1-2,5,7,13,15-16,18-19H,3-4,6,8-11H2. The maximum absolute atomic E-state index is 6.22. The summed E-state index contributed by atoms with van der Waals surface area (Å²) in [6.07, 6.45) is 6.75. The van der Waals surface area contributed by atoms with E-state index < -0.39 is 0 Å². The van der Waals surface area contributed by atoms with Crippen molar-refractivity contribution in [3.8, 4) is 0 Å². The quantitative estimate of drug-likeness (QED) is 0.883. The normalized spacial score (nSPS) is 30.9. The van der Waals surface area contributed by atoms with E-state index in [2.05, 4.69) is 22.8 Å². The Morgan fingerprint density at radius 1 is 1.16 bits per heavy atom. The number of halogens is 1. The van der Waals surface area contributed by atoms with E-state index in [0.29, 0.717) is 6.04 Å². The molecule has 1 aromatic carbocycles. The Kier molecular flexibility index (Phi) is 4.42. The lowest BCUT2D eigenvalue weighted by Gasteiger charge is -2.26. The first kappa shape index (κ1) is 13.4. The second kappa shape index (κ2) is 6.25. The third kappa shape index (κ3) is 3.13. The van der Waals surface area contributed by atoms with Gasteiger partial charge in [-0.3, -0.25) is 0 Å². The monoisotopic (exact) mass is 278 g/mol. The van der Waals surface area contributed by atoms with Crippen LogP contribution >= 0.6 is 11.6 Å². The number of hydrogen-bond acceptors (Lipinski definition) is 2.